The van der Waals surface area contributed by atoms with Crippen molar-refractivity contribution in [2.24, 2.45) is 5.84 Å². The first kappa shape index (κ1) is 11.9. The Kier molecular flexibility index (Phi) is 2.79. The third-order valence-electron chi connectivity index (χ3n) is 3.27. The quantitative estimate of drug-likeness (QED) is 0.637. The number of nitrogens with two attached hydrogens (primary N) is 1. The van der Waals surface area contributed by atoms with E-state index in [4.69, 9.17) is 5.84 Å². The van der Waals surface area contributed by atoms with Gasteiger partial charge in [-0.3, -0.25) is 5.43 Å². The summed E-state index contributed by atoms with van der Waals surface area (Å²) in [5.74, 6) is 6.20. The van der Waals surface area contributed by atoms with Gasteiger partial charge in [-0.25, -0.2) is 15.2 Å². The summed E-state index contributed by atoms with van der Waals surface area (Å²) < 4.78 is 13.4. The van der Waals surface area contributed by atoms with Crippen LogP contribution in [-0.4, -0.2) is 16.5 Å². The number of hydrogen-bond donors (Lipinski definition) is 2. The smallest absolute Gasteiger partial charge is 0.239 e. The normalized spacial score (nSPS) is 13.5. The highest BCUT2D eigenvalue weighted by atomic mass is 19.1. The van der Waals surface area contributed by atoms with Gasteiger partial charge < -0.3 is 4.90 Å². The lowest BCUT2D eigenvalue weighted by Gasteiger charge is -2.20. The molecule has 2 heterocycles. The van der Waals surface area contributed by atoms with E-state index in [0.717, 1.165) is 35.6 Å². The molecule has 0 atom stereocenters. The zero-order valence-electron chi connectivity index (χ0n) is 10.5. The van der Waals surface area contributed by atoms with Crippen molar-refractivity contribution in [3.8, 4) is 0 Å². The lowest BCUT2D eigenvalue weighted by atomic mass is 10.1. The van der Waals surface area contributed by atoms with E-state index in [1.807, 2.05) is 17.9 Å². The molecule has 3 N–H and O–H groups in total. The highest BCUT2D eigenvalue weighted by Crippen LogP contribution is 2.35. The molecular formula is C13H14FN5. The Hall–Kier alpha value is -2.21. The van der Waals surface area contributed by atoms with Crippen molar-refractivity contribution in [2.45, 2.75) is 13.3 Å². The molecule has 1 aliphatic heterocycles. The van der Waals surface area contributed by atoms with E-state index in [0.29, 0.717) is 5.95 Å². The maximum atomic E-state index is 13.4. The average molecular weight is 259 g/mol. The second-order valence-corrected chi connectivity index (χ2v) is 4.52. The van der Waals surface area contributed by atoms with Crippen LogP contribution in [0.4, 0.5) is 21.8 Å². The molecule has 2 aromatic rings. The Bertz CT molecular complexity index is 628. The Balaban J connectivity index is 2.08. The minimum absolute atomic E-state index is 0.241. The van der Waals surface area contributed by atoms with Gasteiger partial charge in [0.25, 0.3) is 0 Å². The van der Waals surface area contributed by atoms with Crippen LogP contribution in [0.2, 0.25) is 0 Å². The molecule has 3 rings (SSSR count). The third kappa shape index (κ3) is 2.00. The molecular weight excluding hydrogens is 245 g/mol. The number of nitrogen functional groups attached to an aromatic ring is 1. The Labute approximate surface area is 110 Å². The van der Waals surface area contributed by atoms with Crippen molar-refractivity contribution in [2.75, 3.05) is 16.9 Å². The molecule has 98 valence electrons. The second kappa shape index (κ2) is 4.47. The molecule has 0 amide bonds. The largest absolute Gasteiger partial charge is 0.325 e. The van der Waals surface area contributed by atoms with E-state index < -0.39 is 0 Å². The molecule has 0 bridgehead atoms. The molecule has 19 heavy (non-hydrogen) atoms. The molecule has 0 unspecified atom stereocenters. The molecule has 1 aliphatic rings. The van der Waals surface area contributed by atoms with Crippen LogP contribution >= 0.6 is 0 Å². The predicted molar refractivity (Wildman–Crippen MR) is 71.7 cm³/mol. The number of benzene rings is 1. The molecule has 0 spiro atoms. The van der Waals surface area contributed by atoms with Crippen molar-refractivity contribution >= 4 is 17.5 Å². The van der Waals surface area contributed by atoms with Gasteiger partial charge in [-0.2, -0.15) is 4.98 Å². The van der Waals surface area contributed by atoms with Crippen LogP contribution in [0, 0.1) is 12.7 Å². The van der Waals surface area contributed by atoms with Gasteiger partial charge in [0.2, 0.25) is 5.95 Å². The number of aryl methyl sites for hydroxylation is 1. The molecule has 1 aromatic heterocycles. The Morgan fingerprint density at radius 3 is 3.05 bits per heavy atom. The molecule has 0 aliphatic carbocycles. The lowest BCUT2D eigenvalue weighted by Crippen LogP contribution is -2.19. The van der Waals surface area contributed by atoms with Gasteiger partial charge in [-0.05, 0) is 31.0 Å². The van der Waals surface area contributed by atoms with Crippen LogP contribution in [0.15, 0.2) is 24.4 Å². The topological polar surface area (TPSA) is 67.1 Å². The van der Waals surface area contributed by atoms with E-state index in [1.165, 1.54) is 6.07 Å². The van der Waals surface area contributed by atoms with Crippen molar-refractivity contribution in [1.29, 1.82) is 0 Å². The first-order chi connectivity index (χ1) is 9.19. The summed E-state index contributed by atoms with van der Waals surface area (Å²) >= 11 is 0. The second-order valence-electron chi connectivity index (χ2n) is 4.52. The van der Waals surface area contributed by atoms with Gasteiger partial charge in [0, 0.05) is 24.0 Å². The van der Waals surface area contributed by atoms with Crippen LogP contribution < -0.4 is 16.2 Å². The first-order valence-corrected chi connectivity index (χ1v) is 6.05. The Morgan fingerprint density at radius 1 is 1.42 bits per heavy atom. The maximum absolute atomic E-state index is 13.4. The van der Waals surface area contributed by atoms with Crippen LogP contribution in [0.3, 0.4) is 0 Å². The number of nitrogens with one attached hydrogen (secondary N) is 1. The first-order valence-electron chi connectivity index (χ1n) is 6.05. The SMILES string of the molecule is Cc1cnc(NN)nc1N1CCc2ccc(F)cc21. The summed E-state index contributed by atoms with van der Waals surface area (Å²) in [5.41, 5.74) is 5.35. The molecule has 5 nitrogen and oxygen atoms in total. The molecule has 1 aromatic carbocycles. The summed E-state index contributed by atoms with van der Waals surface area (Å²) in [4.78, 5) is 10.4. The highest BCUT2D eigenvalue weighted by Gasteiger charge is 2.23. The van der Waals surface area contributed by atoms with Gasteiger partial charge >= 0.3 is 0 Å². The van der Waals surface area contributed by atoms with Gasteiger partial charge in [-0.1, -0.05) is 6.07 Å². The monoisotopic (exact) mass is 259 g/mol. The minimum Gasteiger partial charge on any atom is -0.325 e. The molecule has 0 saturated heterocycles. The molecule has 6 heteroatoms. The van der Waals surface area contributed by atoms with Crippen molar-refractivity contribution < 1.29 is 4.39 Å². The maximum Gasteiger partial charge on any atom is 0.239 e. The molecule has 0 fully saturated rings. The van der Waals surface area contributed by atoms with Gasteiger partial charge in [0.1, 0.15) is 11.6 Å². The van der Waals surface area contributed by atoms with Gasteiger partial charge in [0.05, 0.1) is 0 Å². The minimum atomic E-state index is -0.241. The number of hydrogen-bond acceptors (Lipinski definition) is 5. The number of nitrogens with zero attached hydrogens (tertiary/aromatic N) is 3. The van der Waals surface area contributed by atoms with Gasteiger partial charge in [-0.15, -0.1) is 0 Å². The number of hydrazine groups is 1. The van der Waals surface area contributed by atoms with E-state index in [1.54, 1.807) is 12.3 Å². The molecule has 0 saturated carbocycles. The zero-order chi connectivity index (χ0) is 13.4. The highest BCUT2D eigenvalue weighted by molar-refractivity contribution is 5.69. The fraction of sp³-hybridized carbons (Fsp3) is 0.231. The molecule has 0 radical (unpaired) electrons. The van der Waals surface area contributed by atoms with E-state index >= 15 is 0 Å². The van der Waals surface area contributed by atoms with Gasteiger partial charge in [0.15, 0.2) is 0 Å². The number of fused-ring (bicyclic) bond motifs is 1. The number of anilines is 3. The Morgan fingerprint density at radius 2 is 2.26 bits per heavy atom. The van der Waals surface area contributed by atoms with E-state index in [2.05, 4.69) is 15.4 Å². The van der Waals surface area contributed by atoms with Crippen LogP contribution in [0.1, 0.15) is 11.1 Å². The summed E-state index contributed by atoms with van der Waals surface area (Å²) in [5, 5.41) is 0. The fourth-order valence-corrected chi connectivity index (χ4v) is 2.35. The zero-order valence-corrected chi connectivity index (χ0v) is 10.5. The summed E-state index contributed by atoms with van der Waals surface area (Å²) in [6.45, 7) is 2.70. The number of aromatic nitrogens is 2. The van der Waals surface area contributed by atoms with Crippen LogP contribution in [0.5, 0.6) is 0 Å². The summed E-state index contributed by atoms with van der Waals surface area (Å²) in [6, 6.07) is 4.85. The van der Waals surface area contributed by atoms with Crippen LogP contribution in [-0.2, 0) is 6.42 Å². The van der Waals surface area contributed by atoms with Crippen LogP contribution in [0.25, 0.3) is 0 Å². The lowest BCUT2D eigenvalue weighted by molar-refractivity contribution is 0.628. The van der Waals surface area contributed by atoms with E-state index in [9.17, 15) is 4.39 Å². The predicted octanol–water partition coefficient (Wildman–Crippen LogP) is 1.90. The van der Waals surface area contributed by atoms with Crippen molar-refractivity contribution in [1.82, 2.24) is 9.97 Å². The van der Waals surface area contributed by atoms with E-state index in [-0.39, 0.29) is 5.82 Å². The summed E-state index contributed by atoms with van der Waals surface area (Å²) in [7, 11) is 0. The third-order valence-corrected chi connectivity index (χ3v) is 3.27. The average Bonchev–Trinajstić information content (AvgIpc) is 2.82. The van der Waals surface area contributed by atoms with Crippen molar-refractivity contribution in [3.63, 3.8) is 0 Å². The summed E-state index contributed by atoms with van der Waals surface area (Å²) in [6.07, 6.45) is 2.58. The number of rotatable bonds is 2. The number of halogens is 1. The van der Waals surface area contributed by atoms with Crippen molar-refractivity contribution in [3.05, 3.63) is 41.3 Å². The standard InChI is InChI=1S/C13H14FN5/c1-8-7-16-13(18-15)17-12(8)19-5-4-9-2-3-10(14)6-11(9)19/h2-3,6-7H,4-5,15H2,1H3,(H,16,17,18). The fourth-order valence-electron chi connectivity index (χ4n) is 2.35.